The number of Topliss-reactive ketones (excluding diaryl/α,β-unsaturated/α-hetero) is 1. The monoisotopic (exact) mass is 354 g/mol. The average molecular weight is 355 g/mol. The molecule has 2 aromatic rings. The molecule has 1 N–H and O–H groups in total. The first-order chi connectivity index (χ1) is 10.7. The number of nitrogens with zero attached hydrogens (tertiary/aromatic N) is 1. The number of nitro groups is 1. The first-order valence-electron chi connectivity index (χ1n) is 6.29. The zero-order valence-corrected chi connectivity index (χ0v) is 13.4. The number of hydrogen-bond acceptors (Lipinski definition) is 5. The van der Waals surface area contributed by atoms with Crippen LogP contribution in [0.3, 0.4) is 0 Å². The van der Waals surface area contributed by atoms with Crippen LogP contribution >= 0.6 is 11.6 Å². The van der Waals surface area contributed by atoms with Gasteiger partial charge in [-0.05, 0) is 31.2 Å². The Morgan fingerprint density at radius 3 is 2.43 bits per heavy atom. The molecule has 0 aliphatic heterocycles. The van der Waals surface area contributed by atoms with Gasteiger partial charge in [-0.1, -0.05) is 23.7 Å². The summed E-state index contributed by atoms with van der Waals surface area (Å²) in [6.45, 7) is 1.33. The number of sulfonamides is 1. The maximum Gasteiger partial charge on any atom is 0.289 e. The summed E-state index contributed by atoms with van der Waals surface area (Å²) in [6.07, 6.45) is 0. The van der Waals surface area contributed by atoms with Gasteiger partial charge in [-0.15, -0.1) is 0 Å². The zero-order valence-electron chi connectivity index (χ0n) is 11.8. The van der Waals surface area contributed by atoms with Crippen molar-refractivity contribution >= 4 is 38.8 Å². The predicted octanol–water partition coefficient (Wildman–Crippen LogP) is 3.25. The largest absolute Gasteiger partial charge is 0.294 e. The van der Waals surface area contributed by atoms with Crippen molar-refractivity contribution in [1.82, 2.24) is 0 Å². The number of hydrogen-bond donors (Lipinski definition) is 1. The van der Waals surface area contributed by atoms with Crippen LogP contribution in [0.2, 0.25) is 5.02 Å². The lowest BCUT2D eigenvalue weighted by atomic mass is 10.1. The van der Waals surface area contributed by atoms with Crippen molar-refractivity contribution in [3.8, 4) is 0 Å². The van der Waals surface area contributed by atoms with Gasteiger partial charge in [0.2, 0.25) is 0 Å². The maximum absolute atomic E-state index is 12.3. The fraction of sp³-hybridized carbons (Fsp3) is 0.0714. The molecule has 2 aromatic carbocycles. The van der Waals surface area contributed by atoms with Crippen LogP contribution in [0, 0.1) is 10.1 Å². The molecule has 0 saturated heterocycles. The van der Waals surface area contributed by atoms with Crippen molar-refractivity contribution in [3.05, 3.63) is 63.2 Å². The van der Waals surface area contributed by atoms with E-state index < -0.39 is 25.5 Å². The van der Waals surface area contributed by atoms with Gasteiger partial charge >= 0.3 is 0 Å². The molecule has 0 aliphatic rings. The van der Waals surface area contributed by atoms with E-state index in [-0.39, 0.29) is 22.1 Å². The first-order valence-corrected chi connectivity index (χ1v) is 8.15. The minimum Gasteiger partial charge on any atom is -0.294 e. The van der Waals surface area contributed by atoms with E-state index in [4.69, 9.17) is 11.6 Å². The van der Waals surface area contributed by atoms with Crippen LogP contribution in [0.1, 0.15) is 17.3 Å². The summed E-state index contributed by atoms with van der Waals surface area (Å²) in [4.78, 5) is 21.0. The Hall–Kier alpha value is -2.45. The fourth-order valence-corrected chi connectivity index (χ4v) is 3.45. The van der Waals surface area contributed by atoms with E-state index in [1.165, 1.54) is 37.3 Å². The molecule has 0 amide bonds. The molecular formula is C14H11ClN2O5S. The van der Waals surface area contributed by atoms with E-state index in [2.05, 4.69) is 4.72 Å². The van der Waals surface area contributed by atoms with Gasteiger partial charge in [0.05, 0.1) is 15.6 Å². The maximum atomic E-state index is 12.3. The van der Waals surface area contributed by atoms with E-state index in [1.807, 2.05) is 0 Å². The second-order valence-corrected chi connectivity index (χ2v) is 6.64. The lowest BCUT2D eigenvalue weighted by Gasteiger charge is -2.09. The van der Waals surface area contributed by atoms with Gasteiger partial charge in [0, 0.05) is 11.6 Å². The Balaban J connectivity index is 2.42. The number of nitrogens with one attached hydrogen (secondary N) is 1. The Kier molecular flexibility index (Phi) is 4.67. The number of nitro benzene ring substituents is 1. The molecule has 0 radical (unpaired) electrons. The third kappa shape index (κ3) is 3.66. The van der Waals surface area contributed by atoms with Crippen molar-refractivity contribution in [1.29, 1.82) is 0 Å². The number of carbonyl (C=O) groups excluding carboxylic acids is 1. The predicted molar refractivity (Wildman–Crippen MR) is 85.4 cm³/mol. The van der Waals surface area contributed by atoms with E-state index in [0.29, 0.717) is 0 Å². The summed E-state index contributed by atoms with van der Waals surface area (Å²) in [7, 11) is -4.17. The van der Waals surface area contributed by atoms with Gasteiger partial charge in [-0.2, -0.15) is 0 Å². The number of benzene rings is 2. The molecule has 0 fully saturated rings. The van der Waals surface area contributed by atoms with Crippen LogP contribution in [0.25, 0.3) is 0 Å². The quantitative estimate of drug-likeness (QED) is 0.504. The Labute approximate surface area is 137 Å². The topological polar surface area (TPSA) is 106 Å². The second kappa shape index (κ2) is 6.35. The third-order valence-electron chi connectivity index (χ3n) is 2.95. The number of anilines is 1. The number of carbonyl (C=O) groups is 1. The summed E-state index contributed by atoms with van der Waals surface area (Å²) in [5.41, 5.74) is -0.190. The summed E-state index contributed by atoms with van der Waals surface area (Å²) in [6, 6.07) is 8.98. The smallest absolute Gasteiger partial charge is 0.289 e. The lowest BCUT2D eigenvalue weighted by Crippen LogP contribution is -2.14. The third-order valence-corrected chi connectivity index (χ3v) is 4.69. The minimum absolute atomic E-state index is 0.0836. The van der Waals surface area contributed by atoms with Crippen LogP contribution < -0.4 is 4.72 Å². The fourth-order valence-electron chi connectivity index (χ4n) is 1.91. The van der Waals surface area contributed by atoms with Crippen molar-refractivity contribution in [2.45, 2.75) is 11.8 Å². The van der Waals surface area contributed by atoms with Crippen LogP contribution in [0.15, 0.2) is 47.4 Å². The summed E-state index contributed by atoms with van der Waals surface area (Å²) in [5, 5.41) is 11.0. The SMILES string of the molecule is CC(=O)c1ccc(NS(=O)(=O)c2ccccc2[N+](=O)[O-])cc1Cl. The molecule has 0 spiro atoms. The molecule has 0 saturated carbocycles. The highest BCUT2D eigenvalue weighted by molar-refractivity contribution is 7.92. The Bertz CT molecular complexity index is 896. The van der Waals surface area contributed by atoms with Crippen molar-refractivity contribution in [2.75, 3.05) is 4.72 Å². The molecule has 0 heterocycles. The van der Waals surface area contributed by atoms with E-state index in [1.54, 1.807) is 0 Å². The van der Waals surface area contributed by atoms with Gasteiger partial charge in [0.1, 0.15) is 0 Å². The molecule has 2 rings (SSSR count). The van der Waals surface area contributed by atoms with Crippen molar-refractivity contribution in [3.63, 3.8) is 0 Å². The highest BCUT2D eigenvalue weighted by Gasteiger charge is 2.25. The number of para-hydroxylation sites is 1. The van der Waals surface area contributed by atoms with Crippen LogP contribution in [-0.4, -0.2) is 19.1 Å². The molecule has 7 nitrogen and oxygen atoms in total. The summed E-state index contributed by atoms with van der Waals surface area (Å²) in [5.74, 6) is -0.261. The molecule has 0 aromatic heterocycles. The standard InChI is InChI=1S/C14H11ClN2O5S/c1-9(18)11-7-6-10(8-12(11)15)16-23(21,22)14-5-3-2-4-13(14)17(19)20/h2-8,16H,1H3. The minimum atomic E-state index is -4.17. The number of ketones is 1. The number of rotatable bonds is 5. The highest BCUT2D eigenvalue weighted by atomic mass is 35.5. The Morgan fingerprint density at radius 1 is 1.22 bits per heavy atom. The lowest BCUT2D eigenvalue weighted by molar-refractivity contribution is -0.387. The van der Waals surface area contributed by atoms with Crippen LogP contribution in [0.5, 0.6) is 0 Å². The molecule has 9 heteroatoms. The number of halogens is 1. The van der Waals surface area contributed by atoms with E-state index >= 15 is 0 Å². The van der Waals surface area contributed by atoms with Gasteiger partial charge in [0.25, 0.3) is 15.7 Å². The second-order valence-electron chi connectivity index (χ2n) is 4.58. The summed E-state index contributed by atoms with van der Waals surface area (Å²) < 4.78 is 26.9. The van der Waals surface area contributed by atoms with Crippen LogP contribution in [-0.2, 0) is 10.0 Å². The summed E-state index contributed by atoms with van der Waals surface area (Å²) >= 11 is 5.92. The normalized spacial score (nSPS) is 11.0. The molecule has 120 valence electrons. The molecule has 0 atom stereocenters. The van der Waals surface area contributed by atoms with E-state index in [0.717, 1.165) is 12.1 Å². The average Bonchev–Trinajstić information content (AvgIpc) is 2.46. The van der Waals surface area contributed by atoms with Gasteiger partial charge < -0.3 is 0 Å². The molecule has 0 bridgehead atoms. The van der Waals surface area contributed by atoms with Crippen molar-refractivity contribution in [2.24, 2.45) is 0 Å². The van der Waals surface area contributed by atoms with Gasteiger partial charge in [0.15, 0.2) is 10.7 Å². The van der Waals surface area contributed by atoms with Crippen molar-refractivity contribution < 1.29 is 18.1 Å². The zero-order chi connectivity index (χ0) is 17.2. The van der Waals surface area contributed by atoms with Gasteiger partial charge in [-0.25, -0.2) is 8.42 Å². The Morgan fingerprint density at radius 2 is 1.87 bits per heavy atom. The van der Waals surface area contributed by atoms with Crippen LogP contribution in [0.4, 0.5) is 11.4 Å². The van der Waals surface area contributed by atoms with Gasteiger partial charge in [-0.3, -0.25) is 19.6 Å². The molecular weight excluding hydrogens is 344 g/mol. The first kappa shape index (κ1) is 16.9. The molecule has 23 heavy (non-hydrogen) atoms. The highest BCUT2D eigenvalue weighted by Crippen LogP contribution is 2.27. The molecule has 0 unspecified atom stereocenters. The van der Waals surface area contributed by atoms with E-state index in [9.17, 15) is 23.3 Å². The molecule has 0 aliphatic carbocycles.